The third kappa shape index (κ3) is 3.34. The molecule has 1 aromatic rings. The van der Waals surface area contributed by atoms with E-state index >= 15 is 0 Å². The van der Waals surface area contributed by atoms with Crippen molar-refractivity contribution in [2.75, 3.05) is 0 Å². The fourth-order valence-corrected chi connectivity index (χ4v) is 2.01. The Morgan fingerprint density at radius 3 is 2.19 bits per heavy atom. The van der Waals surface area contributed by atoms with Gasteiger partial charge in [-0.1, -0.05) is 32.0 Å². The first kappa shape index (κ1) is 13.2. The normalized spacial score (nSPS) is 13.1. The van der Waals surface area contributed by atoms with Crippen molar-refractivity contribution < 1.29 is 0 Å². The van der Waals surface area contributed by atoms with Crippen LogP contribution in [0.1, 0.15) is 56.3 Å². The predicted molar refractivity (Wildman–Crippen MR) is 71.8 cm³/mol. The van der Waals surface area contributed by atoms with Gasteiger partial charge in [-0.25, -0.2) is 0 Å². The molecule has 90 valence electrons. The molecule has 0 aliphatic rings. The summed E-state index contributed by atoms with van der Waals surface area (Å²) in [5, 5.41) is 3.68. The minimum atomic E-state index is 0.448. The molecule has 0 saturated heterocycles. The van der Waals surface area contributed by atoms with Crippen LogP contribution in [0.25, 0.3) is 0 Å². The fourth-order valence-electron chi connectivity index (χ4n) is 2.01. The number of benzene rings is 1. The zero-order chi connectivity index (χ0) is 12.1. The standard InChI is InChI=1S/C15H25N/c1-6-15(7-2)16-13(5)14-9-8-11(3)12(4)10-14/h8-10,13,15-16H,6-7H2,1-5H3. The zero-order valence-corrected chi connectivity index (χ0v) is 11.3. The van der Waals surface area contributed by atoms with Gasteiger partial charge in [0.15, 0.2) is 0 Å². The van der Waals surface area contributed by atoms with E-state index in [1.165, 1.54) is 29.5 Å². The van der Waals surface area contributed by atoms with Crippen molar-refractivity contribution in [1.82, 2.24) is 5.32 Å². The van der Waals surface area contributed by atoms with Crippen molar-refractivity contribution in [2.24, 2.45) is 0 Å². The molecule has 0 saturated carbocycles. The SMILES string of the molecule is CCC(CC)NC(C)c1ccc(C)c(C)c1. The second kappa shape index (κ2) is 6.05. The van der Waals surface area contributed by atoms with E-state index in [-0.39, 0.29) is 0 Å². The molecule has 0 bridgehead atoms. The molecule has 0 heterocycles. The van der Waals surface area contributed by atoms with Gasteiger partial charge >= 0.3 is 0 Å². The molecule has 0 aliphatic carbocycles. The van der Waals surface area contributed by atoms with E-state index in [0.717, 1.165) is 0 Å². The molecule has 0 amide bonds. The number of nitrogens with one attached hydrogen (secondary N) is 1. The molecule has 1 rings (SSSR count). The highest BCUT2D eigenvalue weighted by Gasteiger charge is 2.10. The van der Waals surface area contributed by atoms with E-state index in [4.69, 9.17) is 0 Å². The maximum absolute atomic E-state index is 3.68. The van der Waals surface area contributed by atoms with Crippen LogP contribution in [-0.4, -0.2) is 6.04 Å². The lowest BCUT2D eigenvalue weighted by molar-refractivity contribution is 0.432. The molecule has 1 N–H and O–H groups in total. The molecule has 1 nitrogen and oxygen atoms in total. The van der Waals surface area contributed by atoms with Crippen molar-refractivity contribution in [1.29, 1.82) is 0 Å². The van der Waals surface area contributed by atoms with Gasteiger partial charge in [-0.05, 0) is 50.3 Å². The lowest BCUT2D eigenvalue weighted by Gasteiger charge is -2.22. The van der Waals surface area contributed by atoms with Crippen LogP contribution in [0, 0.1) is 13.8 Å². The van der Waals surface area contributed by atoms with Gasteiger partial charge in [0.1, 0.15) is 0 Å². The van der Waals surface area contributed by atoms with Crippen molar-refractivity contribution in [3.8, 4) is 0 Å². The second-order valence-electron chi connectivity index (χ2n) is 4.75. The summed E-state index contributed by atoms with van der Waals surface area (Å²) < 4.78 is 0. The lowest BCUT2D eigenvalue weighted by Crippen LogP contribution is -2.30. The average Bonchev–Trinajstić information content (AvgIpc) is 2.29. The smallest absolute Gasteiger partial charge is 0.0294 e. The average molecular weight is 219 g/mol. The molecule has 1 unspecified atom stereocenters. The zero-order valence-electron chi connectivity index (χ0n) is 11.3. The highest BCUT2D eigenvalue weighted by atomic mass is 14.9. The maximum Gasteiger partial charge on any atom is 0.0294 e. The molecule has 16 heavy (non-hydrogen) atoms. The molecule has 0 aliphatic heterocycles. The summed E-state index contributed by atoms with van der Waals surface area (Å²) in [5.41, 5.74) is 4.16. The Labute approximate surface area is 100 Å². The second-order valence-corrected chi connectivity index (χ2v) is 4.75. The predicted octanol–water partition coefficient (Wildman–Crippen LogP) is 4.14. The Balaban J connectivity index is 2.72. The summed E-state index contributed by atoms with van der Waals surface area (Å²) in [6.07, 6.45) is 2.40. The van der Waals surface area contributed by atoms with Gasteiger partial charge in [-0.15, -0.1) is 0 Å². The Bertz CT molecular complexity index is 326. The van der Waals surface area contributed by atoms with Crippen molar-refractivity contribution in [2.45, 2.75) is 59.5 Å². The Kier molecular flexibility index (Phi) is 5.01. The van der Waals surface area contributed by atoms with Gasteiger partial charge < -0.3 is 5.32 Å². The quantitative estimate of drug-likeness (QED) is 0.784. The number of aryl methyl sites for hydroxylation is 2. The minimum absolute atomic E-state index is 0.448. The largest absolute Gasteiger partial charge is 0.307 e. The van der Waals surface area contributed by atoms with Gasteiger partial charge in [0.2, 0.25) is 0 Å². The van der Waals surface area contributed by atoms with Crippen LogP contribution >= 0.6 is 0 Å². The number of hydrogen-bond acceptors (Lipinski definition) is 1. The van der Waals surface area contributed by atoms with Crippen molar-refractivity contribution in [3.05, 3.63) is 34.9 Å². The first-order valence-electron chi connectivity index (χ1n) is 6.41. The highest BCUT2D eigenvalue weighted by molar-refractivity contribution is 5.31. The molecule has 0 spiro atoms. The Morgan fingerprint density at radius 2 is 1.69 bits per heavy atom. The third-order valence-corrected chi connectivity index (χ3v) is 3.50. The summed E-state index contributed by atoms with van der Waals surface area (Å²) in [6, 6.07) is 7.84. The van der Waals surface area contributed by atoms with Gasteiger partial charge in [0.25, 0.3) is 0 Å². The van der Waals surface area contributed by atoms with Crippen LogP contribution in [0.3, 0.4) is 0 Å². The summed E-state index contributed by atoms with van der Waals surface area (Å²) >= 11 is 0. The topological polar surface area (TPSA) is 12.0 Å². The molecular formula is C15H25N. The summed E-state index contributed by atoms with van der Waals surface area (Å²) in [7, 11) is 0. The minimum Gasteiger partial charge on any atom is -0.307 e. The van der Waals surface area contributed by atoms with Gasteiger partial charge in [0.05, 0.1) is 0 Å². The van der Waals surface area contributed by atoms with E-state index in [9.17, 15) is 0 Å². The van der Waals surface area contributed by atoms with E-state index in [1.807, 2.05) is 0 Å². The molecule has 0 aromatic heterocycles. The van der Waals surface area contributed by atoms with Gasteiger partial charge in [0, 0.05) is 12.1 Å². The van der Waals surface area contributed by atoms with Crippen molar-refractivity contribution >= 4 is 0 Å². The highest BCUT2D eigenvalue weighted by Crippen LogP contribution is 2.18. The number of rotatable bonds is 5. The van der Waals surface area contributed by atoms with Crippen LogP contribution < -0.4 is 5.32 Å². The molecular weight excluding hydrogens is 194 g/mol. The first-order chi connectivity index (χ1) is 7.58. The van der Waals surface area contributed by atoms with E-state index in [2.05, 4.69) is 58.1 Å². The molecule has 0 fully saturated rings. The van der Waals surface area contributed by atoms with E-state index < -0.39 is 0 Å². The van der Waals surface area contributed by atoms with Gasteiger partial charge in [-0.3, -0.25) is 0 Å². The van der Waals surface area contributed by atoms with Crippen LogP contribution in [0.2, 0.25) is 0 Å². The van der Waals surface area contributed by atoms with E-state index in [0.29, 0.717) is 12.1 Å². The monoisotopic (exact) mass is 219 g/mol. The summed E-state index contributed by atoms with van der Waals surface area (Å²) in [6.45, 7) is 11.1. The van der Waals surface area contributed by atoms with E-state index in [1.54, 1.807) is 0 Å². The van der Waals surface area contributed by atoms with Gasteiger partial charge in [-0.2, -0.15) is 0 Å². The first-order valence-corrected chi connectivity index (χ1v) is 6.41. The number of hydrogen-bond donors (Lipinski definition) is 1. The summed E-state index contributed by atoms with van der Waals surface area (Å²) in [5.74, 6) is 0. The molecule has 0 radical (unpaired) electrons. The third-order valence-electron chi connectivity index (χ3n) is 3.50. The summed E-state index contributed by atoms with van der Waals surface area (Å²) in [4.78, 5) is 0. The molecule has 1 heteroatoms. The van der Waals surface area contributed by atoms with Crippen LogP contribution in [0.4, 0.5) is 0 Å². The fraction of sp³-hybridized carbons (Fsp3) is 0.600. The van der Waals surface area contributed by atoms with Crippen molar-refractivity contribution in [3.63, 3.8) is 0 Å². The van der Waals surface area contributed by atoms with Crippen LogP contribution in [0.15, 0.2) is 18.2 Å². The lowest BCUT2D eigenvalue weighted by atomic mass is 10.0. The molecule has 1 aromatic carbocycles. The van der Waals surface area contributed by atoms with Crippen LogP contribution in [0.5, 0.6) is 0 Å². The van der Waals surface area contributed by atoms with Crippen LogP contribution in [-0.2, 0) is 0 Å². The Hall–Kier alpha value is -0.820. The molecule has 1 atom stereocenters. The maximum atomic E-state index is 3.68. The Morgan fingerprint density at radius 1 is 1.06 bits per heavy atom.